The molecule has 0 aromatic heterocycles. The van der Waals surface area contributed by atoms with E-state index in [0.717, 1.165) is 45.0 Å². The number of morpholine rings is 1. The summed E-state index contributed by atoms with van der Waals surface area (Å²) in [4.78, 5) is 2.32. The first kappa shape index (κ1) is 13.8. The van der Waals surface area contributed by atoms with Gasteiger partial charge in [-0.2, -0.15) is 5.26 Å². The van der Waals surface area contributed by atoms with Gasteiger partial charge in [-0.15, -0.1) is 0 Å². The fraction of sp³-hybridized carbons (Fsp3) is 0.500. The van der Waals surface area contributed by atoms with Crippen LogP contribution in [-0.2, 0) is 4.74 Å². The Morgan fingerprint density at radius 2 is 2.00 bits per heavy atom. The minimum atomic E-state index is -0.332. The van der Waals surface area contributed by atoms with E-state index < -0.39 is 0 Å². The summed E-state index contributed by atoms with van der Waals surface area (Å²) in [6.07, 6.45) is 0. The van der Waals surface area contributed by atoms with Crippen molar-refractivity contribution in [2.75, 3.05) is 39.4 Å². The SMILES string of the molecule is N#CC(NCCN1CCOCC1)c1ccc(O)cc1. The third-order valence-electron chi connectivity index (χ3n) is 3.24. The molecule has 0 bridgehead atoms. The lowest BCUT2D eigenvalue weighted by molar-refractivity contribution is 0.0383. The van der Waals surface area contributed by atoms with Crippen molar-refractivity contribution in [2.24, 2.45) is 0 Å². The van der Waals surface area contributed by atoms with Crippen LogP contribution in [0.4, 0.5) is 0 Å². The first-order valence-electron chi connectivity index (χ1n) is 6.51. The largest absolute Gasteiger partial charge is 0.508 e. The van der Waals surface area contributed by atoms with Gasteiger partial charge in [-0.1, -0.05) is 12.1 Å². The van der Waals surface area contributed by atoms with Gasteiger partial charge in [-0.25, -0.2) is 0 Å². The van der Waals surface area contributed by atoms with Gasteiger partial charge in [-0.3, -0.25) is 10.2 Å². The van der Waals surface area contributed by atoms with Gasteiger partial charge in [0, 0.05) is 26.2 Å². The molecule has 5 nitrogen and oxygen atoms in total. The molecule has 0 aliphatic carbocycles. The Morgan fingerprint density at radius 1 is 1.32 bits per heavy atom. The molecule has 1 fully saturated rings. The Bertz CT molecular complexity index is 421. The van der Waals surface area contributed by atoms with Gasteiger partial charge in [-0.05, 0) is 17.7 Å². The number of hydrogen-bond acceptors (Lipinski definition) is 5. The van der Waals surface area contributed by atoms with Gasteiger partial charge in [0.2, 0.25) is 0 Å². The topological polar surface area (TPSA) is 68.5 Å². The number of benzene rings is 1. The molecule has 1 heterocycles. The Hall–Kier alpha value is -1.61. The molecule has 2 N–H and O–H groups in total. The van der Waals surface area contributed by atoms with Crippen LogP contribution >= 0.6 is 0 Å². The highest BCUT2D eigenvalue weighted by Gasteiger charge is 2.12. The van der Waals surface area contributed by atoms with Crippen molar-refractivity contribution in [1.29, 1.82) is 5.26 Å². The summed E-state index contributed by atoms with van der Waals surface area (Å²) in [5, 5.41) is 21.6. The van der Waals surface area contributed by atoms with Gasteiger partial charge in [0.1, 0.15) is 11.8 Å². The number of hydrogen-bond donors (Lipinski definition) is 2. The molecule has 0 saturated carbocycles. The monoisotopic (exact) mass is 261 g/mol. The molecular weight excluding hydrogens is 242 g/mol. The predicted molar refractivity (Wildman–Crippen MR) is 71.7 cm³/mol. The normalized spacial score (nSPS) is 17.8. The standard InChI is InChI=1S/C14H19N3O2/c15-11-14(12-1-3-13(18)4-2-12)16-5-6-17-7-9-19-10-8-17/h1-4,14,16,18H,5-10H2. The highest BCUT2D eigenvalue weighted by atomic mass is 16.5. The Balaban J connectivity index is 1.79. The molecule has 1 atom stereocenters. The molecule has 0 spiro atoms. The summed E-state index contributed by atoms with van der Waals surface area (Å²) >= 11 is 0. The molecule has 102 valence electrons. The lowest BCUT2D eigenvalue weighted by Crippen LogP contribution is -2.40. The van der Waals surface area contributed by atoms with Crippen molar-refractivity contribution in [1.82, 2.24) is 10.2 Å². The molecule has 1 aromatic rings. The minimum Gasteiger partial charge on any atom is -0.508 e. The van der Waals surface area contributed by atoms with Crippen LogP contribution < -0.4 is 5.32 Å². The number of nitrogens with one attached hydrogen (secondary N) is 1. The highest BCUT2D eigenvalue weighted by Crippen LogP contribution is 2.16. The first-order valence-corrected chi connectivity index (χ1v) is 6.51. The van der Waals surface area contributed by atoms with E-state index in [1.807, 2.05) is 0 Å². The van der Waals surface area contributed by atoms with Crippen LogP contribution in [-0.4, -0.2) is 49.4 Å². The third-order valence-corrected chi connectivity index (χ3v) is 3.24. The van der Waals surface area contributed by atoms with E-state index in [1.165, 1.54) is 0 Å². The van der Waals surface area contributed by atoms with E-state index in [9.17, 15) is 10.4 Å². The fourth-order valence-electron chi connectivity index (χ4n) is 2.10. The van der Waals surface area contributed by atoms with Gasteiger partial charge in [0.15, 0.2) is 0 Å². The fourth-order valence-corrected chi connectivity index (χ4v) is 2.10. The third kappa shape index (κ3) is 4.21. The minimum absolute atomic E-state index is 0.216. The molecule has 0 amide bonds. The number of phenols is 1. The summed E-state index contributed by atoms with van der Waals surface area (Å²) in [6, 6.07) is 8.65. The maximum absolute atomic E-state index is 9.24. The lowest BCUT2D eigenvalue weighted by Gasteiger charge is -2.27. The van der Waals surface area contributed by atoms with Crippen molar-refractivity contribution in [2.45, 2.75) is 6.04 Å². The smallest absolute Gasteiger partial charge is 0.121 e. The van der Waals surface area contributed by atoms with Crippen LogP contribution in [0.5, 0.6) is 5.75 Å². The molecule has 2 rings (SSSR count). The number of nitriles is 1. The molecule has 19 heavy (non-hydrogen) atoms. The highest BCUT2D eigenvalue weighted by molar-refractivity contribution is 5.30. The summed E-state index contributed by atoms with van der Waals surface area (Å²) in [5.41, 5.74) is 0.877. The Labute approximate surface area is 113 Å². The Morgan fingerprint density at radius 3 is 2.63 bits per heavy atom. The molecular formula is C14H19N3O2. The van der Waals surface area contributed by atoms with Crippen LogP contribution in [0.25, 0.3) is 0 Å². The van der Waals surface area contributed by atoms with E-state index in [0.29, 0.717) is 0 Å². The number of nitrogens with zero attached hydrogens (tertiary/aromatic N) is 2. The first-order chi connectivity index (χ1) is 9.29. The number of rotatable bonds is 5. The average Bonchev–Trinajstić information content (AvgIpc) is 2.46. The molecule has 1 aliphatic rings. The van der Waals surface area contributed by atoms with Crippen LogP contribution in [0, 0.1) is 11.3 Å². The molecule has 0 radical (unpaired) electrons. The van der Waals surface area contributed by atoms with Gasteiger partial charge >= 0.3 is 0 Å². The second-order valence-corrected chi connectivity index (χ2v) is 4.56. The van der Waals surface area contributed by atoms with E-state index >= 15 is 0 Å². The molecule has 1 aromatic carbocycles. The van der Waals surface area contributed by atoms with Crippen molar-refractivity contribution in [3.05, 3.63) is 29.8 Å². The maximum atomic E-state index is 9.24. The summed E-state index contributed by atoms with van der Waals surface area (Å²) in [6.45, 7) is 5.17. The quantitative estimate of drug-likeness (QED) is 0.823. The van der Waals surface area contributed by atoms with E-state index in [-0.39, 0.29) is 11.8 Å². The van der Waals surface area contributed by atoms with Gasteiger partial charge < -0.3 is 9.84 Å². The number of phenolic OH excluding ortho intramolecular Hbond substituents is 1. The van der Waals surface area contributed by atoms with Crippen molar-refractivity contribution < 1.29 is 9.84 Å². The maximum Gasteiger partial charge on any atom is 0.121 e. The van der Waals surface area contributed by atoms with Crippen molar-refractivity contribution in [3.8, 4) is 11.8 Å². The predicted octanol–water partition coefficient (Wildman–Crippen LogP) is 0.879. The zero-order valence-corrected chi connectivity index (χ0v) is 10.9. The summed E-state index contributed by atoms with van der Waals surface area (Å²) in [5.74, 6) is 0.216. The zero-order chi connectivity index (χ0) is 13.5. The van der Waals surface area contributed by atoms with E-state index in [2.05, 4.69) is 16.3 Å². The molecule has 1 aliphatic heterocycles. The zero-order valence-electron chi connectivity index (χ0n) is 10.9. The van der Waals surface area contributed by atoms with Gasteiger partial charge in [0.05, 0.1) is 19.3 Å². The lowest BCUT2D eigenvalue weighted by atomic mass is 10.1. The Kier molecular flexibility index (Phi) is 5.16. The van der Waals surface area contributed by atoms with Crippen molar-refractivity contribution >= 4 is 0 Å². The number of ether oxygens (including phenoxy) is 1. The van der Waals surface area contributed by atoms with Crippen LogP contribution in [0.3, 0.4) is 0 Å². The number of aromatic hydroxyl groups is 1. The van der Waals surface area contributed by atoms with Crippen LogP contribution in [0.15, 0.2) is 24.3 Å². The molecule has 1 unspecified atom stereocenters. The second kappa shape index (κ2) is 7.10. The molecule has 1 saturated heterocycles. The van der Waals surface area contributed by atoms with E-state index in [1.54, 1.807) is 24.3 Å². The van der Waals surface area contributed by atoms with Crippen molar-refractivity contribution in [3.63, 3.8) is 0 Å². The summed E-state index contributed by atoms with van der Waals surface area (Å²) in [7, 11) is 0. The van der Waals surface area contributed by atoms with Crippen LogP contribution in [0.2, 0.25) is 0 Å². The second-order valence-electron chi connectivity index (χ2n) is 4.56. The molecule has 5 heteroatoms. The van der Waals surface area contributed by atoms with Gasteiger partial charge in [0.25, 0.3) is 0 Å². The summed E-state index contributed by atoms with van der Waals surface area (Å²) < 4.78 is 5.29. The average molecular weight is 261 g/mol. The van der Waals surface area contributed by atoms with Crippen LogP contribution in [0.1, 0.15) is 11.6 Å². The van der Waals surface area contributed by atoms with E-state index in [4.69, 9.17) is 4.74 Å².